The number of hydrogen-bond acceptors (Lipinski definition) is 2. The SMILES string of the molecule is CC(C)(C)c1ccc(-c2nc(C(=O)O)cn3cccc23)cc1. The van der Waals surface area contributed by atoms with Gasteiger partial charge < -0.3 is 9.51 Å². The van der Waals surface area contributed by atoms with Gasteiger partial charge in [-0.05, 0) is 23.1 Å². The highest BCUT2D eigenvalue weighted by Crippen LogP contribution is 2.28. The Bertz CT molecular complexity index is 840. The van der Waals surface area contributed by atoms with E-state index in [1.165, 1.54) is 11.8 Å². The number of hydrogen-bond donors (Lipinski definition) is 1. The summed E-state index contributed by atoms with van der Waals surface area (Å²) < 4.78 is 1.80. The molecule has 3 aromatic rings. The maximum Gasteiger partial charge on any atom is 0.356 e. The Morgan fingerprint density at radius 1 is 1.14 bits per heavy atom. The summed E-state index contributed by atoms with van der Waals surface area (Å²) in [4.78, 5) is 15.6. The van der Waals surface area contributed by atoms with Gasteiger partial charge in [0.05, 0.1) is 11.2 Å². The van der Waals surface area contributed by atoms with Crippen molar-refractivity contribution in [2.24, 2.45) is 0 Å². The first-order valence-electron chi connectivity index (χ1n) is 7.18. The van der Waals surface area contributed by atoms with Gasteiger partial charge in [0.15, 0.2) is 5.69 Å². The van der Waals surface area contributed by atoms with Crippen molar-refractivity contribution in [2.45, 2.75) is 26.2 Å². The average molecular weight is 294 g/mol. The van der Waals surface area contributed by atoms with E-state index in [9.17, 15) is 9.90 Å². The summed E-state index contributed by atoms with van der Waals surface area (Å²) in [6, 6.07) is 12.0. The average Bonchev–Trinajstić information content (AvgIpc) is 2.93. The molecule has 0 unspecified atom stereocenters. The molecule has 1 aromatic carbocycles. The van der Waals surface area contributed by atoms with Gasteiger partial charge in [-0.15, -0.1) is 0 Å². The fourth-order valence-electron chi connectivity index (χ4n) is 2.49. The molecule has 0 atom stereocenters. The standard InChI is InChI=1S/C18H18N2O2/c1-18(2,3)13-8-6-12(7-9-13)16-15-5-4-10-20(15)11-14(19-16)17(21)22/h4-11H,1-3H3,(H,21,22). The van der Waals surface area contributed by atoms with Crippen molar-refractivity contribution < 1.29 is 9.90 Å². The van der Waals surface area contributed by atoms with Crippen LogP contribution in [0.25, 0.3) is 16.8 Å². The third kappa shape index (κ3) is 2.48. The Hall–Kier alpha value is -2.62. The van der Waals surface area contributed by atoms with E-state index >= 15 is 0 Å². The van der Waals surface area contributed by atoms with Crippen LogP contribution in [0.2, 0.25) is 0 Å². The number of fused-ring (bicyclic) bond motifs is 1. The second kappa shape index (κ2) is 4.98. The van der Waals surface area contributed by atoms with Gasteiger partial charge in [0.2, 0.25) is 0 Å². The minimum absolute atomic E-state index is 0.0404. The largest absolute Gasteiger partial charge is 0.476 e. The Morgan fingerprint density at radius 2 is 1.82 bits per heavy atom. The Kier molecular flexibility index (Phi) is 3.24. The number of carbonyl (C=O) groups is 1. The molecular formula is C18H18N2O2. The van der Waals surface area contributed by atoms with Crippen LogP contribution in [0, 0.1) is 0 Å². The first kappa shape index (κ1) is 14.3. The number of aromatic nitrogens is 2. The summed E-state index contributed by atoms with van der Waals surface area (Å²) in [6.07, 6.45) is 3.36. The van der Waals surface area contributed by atoms with Gasteiger partial charge in [-0.3, -0.25) is 0 Å². The molecule has 0 amide bonds. The first-order valence-corrected chi connectivity index (χ1v) is 7.18. The van der Waals surface area contributed by atoms with Crippen LogP contribution < -0.4 is 0 Å². The smallest absolute Gasteiger partial charge is 0.356 e. The van der Waals surface area contributed by atoms with Crippen molar-refractivity contribution in [3.63, 3.8) is 0 Å². The normalized spacial score (nSPS) is 11.8. The minimum atomic E-state index is -1.02. The molecule has 1 N–H and O–H groups in total. The molecule has 0 saturated carbocycles. The monoisotopic (exact) mass is 294 g/mol. The Morgan fingerprint density at radius 3 is 2.41 bits per heavy atom. The van der Waals surface area contributed by atoms with Crippen molar-refractivity contribution in [2.75, 3.05) is 0 Å². The molecule has 0 saturated heterocycles. The van der Waals surface area contributed by atoms with Gasteiger partial charge in [-0.25, -0.2) is 9.78 Å². The summed E-state index contributed by atoms with van der Waals surface area (Å²) in [6.45, 7) is 6.49. The molecule has 4 nitrogen and oxygen atoms in total. The summed E-state index contributed by atoms with van der Waals surface area (Å²) >= 11 is 0. The predicted molar refractivity (Wildman–Crippen MR) is 86.3 cm³/mol. The van der Waals surface area contributed by atoms with E-state index in [0.717, 1.165) is 11.1 Å². The zero-order chi connectivity index (χ0) is 15.9. The van der Waals surface area contributed by atoms with Crippen LogP contribution in [0.4, 0.5) is 0 Å². The molecular weight excluding hydrogens is 276 g/mol. The van der Waals surface area contributed by atoms with E-state index in [1.807, 2.05) is 30.5 Å². The number of benzene rings is 1. The van der Waals surface area contributed by atoms with E-state index < -0.39 is 5.97 Å². The molecule has 0 fully saturated rings. The van der Waals surface area contributed by atoms with E-state index in [-0.39, 0.29) is 11.1 Å². The number of aromatic carboxylic acids is 1. The second-order valence-corrected chi connectivity index (χ2v) is 6.41. The summed E-state index contributed by atoms with van der Waals surface area (Å²) in [5.74, 6) is -1.02. The highest BCUT2D eigenvalue weighted by atomic mass is 16.4. The summed E-state index contributed by atoms with van der Waals surface area (Å²) in [7, 11) is 0. The third-order valence-corrected chi connectivity index (χ3v) is 3.76. The fraction of sp³-hybridized carbons (Fsp3) is 0.222. The summed E-state index contributed by atoms with van der Waals surface area (Å²) in [5, 5.41) is 9.23. The van der Waals surface area contributed by atoms with Crippen LogP contribution in [-0.4, -0.2) is 20.5 Å². The highest BCUT2D eigenvalue weighted by molar-refractivity contribution is 5.88. The van der Waals surface area contributed by atoms with Crippen molar-refractivity contribution in [1.29, 1.82) is 0 Å². The van der Waals surface area contributed by atoms with Crippen LogP contribution in [0.5, 0.6) is 0 Å². The number of carboxylic acid groups (broad SMARTS) is 1. The molecule has 2 heterocycles. The molecule has 0 radical (unpaired) electrons. The molecule has 3 rings (SSSR count). The Labute approximate surface area is 129 Å². The van der Waals surface area contributed by atoms with Crippen LogP contribution in [0.3, 0.4) is 0 Å². The molecule has 0 aliphatic rings. The van der Waals surface area contributed by atoms with E-state index in [4.69, 9.17) is 0 Å². The van der Waals surface area contributed by atoms with Gasteiger partial charge >= 0.3 is 5.97 Å². The first-order chi connectivity index (χ1) is 10.4. The van der Waals surface area contributed by atoms with Gasteiger partial charge in [-0.2, -0.15) is 0 Å². The number of rotatable bonds is 2. The lowest BCUT2D eigenvalue weighted by molar-refractivity contribution is 0.0690. The third-order valence-electron chi connectivity index (χ3n) is 3.76. The zero-order valence-corrected chi connectivity index (χ0v) is 12.9. The van der Waals surface area contributed by atoms with Crippen molar-refractivity contribution in [1.82, 2.24) is 9.38 Å². The zero-order valence-electron chi connectivity index (χ0n) is 12.9. The molecule has 2 aromatic heterocycles. The fourth-order valence-corrected chi connectivity index (χ4v) is 2.49. The van der Waals surface area contributed by atoms with Gasteiger partial charge in [0.1, 0.15) is 0 Å². The molecule has 0 spiro atoms. The predicted octanol–water partition coefficient (Wildman–Crippen LogP) is 4.00. The molecule has 0 bridgehead atoms. The van der Waals surface area contributed by atoms with Crippen molar-refractivity contribution in [3.05, 3.63) is 60.0 Å². The second-order valence-electron chi connectivity index (χ2n) is 6.41. The van der Waals surface area contributed by atoms with Gasteiger partial charge in [0, 0.05) is 18.0 Å². The molecule has 4 heteroatoms. The minimum Gasteiger partial charge on any atom is -0.476 e. The maximum absolute atomic E-state index is 11.3. The molecule has 0 aliphatic carbocycles. The van der Waals surface area contributed by atoms with Crippen LogP contribution >= 0.6 is 0 Å². The van der Waals surface area contributed by atoms with Crippen LogP contribution in [-0.2, 0) is 5.41 Å². The quantitative estimate of drug-likeness (QED) is 0.777. The molecule has 22 heavy (non-hydrogen) atoms. The van der Waals surface area contributed by atoms with Crippen LogP contribution in [0.15, 0.2) is 48.8 Å². The number of nitrogens with zero attached hydrogens (tertiary/aromatic N) is 2. The summed E-state index contributed by atoms with van der Waals surface area (Å²) in [5.41, 5.74) is 3.86. The molecule has 0 aliphatic heterocycles. The lowest BCUT2D eigenvalue weighted by Gasteiger charge is -2.19. The van der Waals surface area contributed by atoms with Crippen LogP contribution in [0.1, 0.15) is 36.8 Å². The maximum atomic E-state index is 11.3. The number of carboxylic acids is 1. The van der Waals surface area contributed by atoms with E-state index in [1.54, 1.807) is 4.40 Å². The molecule has 112 valence electrons. The lowest BCUT2D eigenvalue weighted by atomic mass is 9.86. The Balaban J connectivity index is 2.17. The van der Waals surface area contributed by atoms with Crippen molar-refractivity contribution in [3.8, 4) is 11.3 Å². The van der Waals surface area contributed by atoms with Gasteiger partial charge in [0.25, 0.3) is 0 Å². The van der Waals surface area contributed by atoms with Crippen molar-refractivity contribution >= 4 is 11.5 Å². The highest BCUT2D eigenvalue weighted by Gasteiger charge is 2.15. The lowest BCUT2D eigenvalue weighted by Crippen LogP contribution is -2.10. The van der Waals surface area contributed by atoms with Gasteiger partial charge in [-0.1, -0.05) is 45.0 Å². The topological polar surface area (TPSA) is 54.6 Å². The van der Waals surface area contributed by atoms with E-state index in [0.29, 0.717) is 5.69 Å². The van der Waals surface area contributed by atoms with E-state index in [2.05, 4.69) is 37.9 Å².